The Labute approximate surface area is 96.6 Å². The van der Waals surface area contributed by atoms with Gasteiger partial charge in [0.05, 0.1) is 0 Å². The first-order valence-corrected chi connectivity index (χ1v) is 5.89. The van der Waals surface area contributed by atoms with Crippen LogP contribution in [0.2, 0.25) is 0 Å². The standard InChI is InChI=1S/C11H21N3O2/c1-3-12-6-4-11(16)14-7-5-10(8-14)13-9(2)15/h10,12H,3-8H2,1-2H3,(H,13,15). The zero-order chi connectivity index (χ0) is 12.0. The summed E-state index contributed by atoms with van der Waals surface area (Å²) >= 11 is 0. The maximum Gasteiger partial charge on any atom is 0.223 e. The number of hydrogen-bond acceptors (Lipinski definition) is 3. The van der Waals surface area contributed by atoms with Crippen molar-refractivity contribution in [2.75, 3.05) is 26.2 Å². The summed E-state index contributed by atoms with van der Waals surface area (Å²) in [5, 5.41) is 5.97. The van der Waals surface area contributed by atoms with Gasteiger partial charge in [0.1, 0.15) is 0 Å². The van der Waals surface area contributed by atoms with Crippen LogP contribution in [0.1, 0.15) is 26.7 Å². The molecule has 1 atom stereocenters. The first-order valence-electron chi connectivity index (χ1n) is 5.89. The lowest BCUT2D eigenvalue weighted by Gasteiger charge is -2.16. The maximum atomic E-state index is 11.7. The number of nitrogens with one attached hydrogen (secondary N) is 2. The third kappa shape index (κ3) is 4.18. The van der Waals surface area contributed by atoms with Crippen LogP contribution in [0, 0.1) is 0 Å². The molecule has 0 radical (unpaired) electrons. The van der Waals surface area contributed by atoms with Crippen molar-refractivity contribution in [3.63, 3.8) is 0 Å². The summed E-state index contributed by atoms with van der Waals surface area (Å²) in [6.45, 7) is 6.57. The second-order valence-electron chi connectivity index (χ2n) is 4.13. The molecule has 1 heterocycles. The molecule has 5 nitrogen and oxygen atoms in total. The summed E-state index contributed by atoms with van der Waals surface area (Å²) in [6.07, 6.45) is 1.41. The Balaban J connectivity index is 2.24. The summed E-state index contributed by atoms with van der Waals surface area (Å²) in [4.78, 5) is 24.4. The molecule has 5 heteroatoms. The van der Waals surface area contributed by atoms with Crippen LogP contribution in [0.3, 0.4) is 0 Å². The SMILES string of the molecule is CCNCCC(=O)N1CCC(NC(C)=O)C1. The molecular formula is C11H21N3O2. The van der Waals surface area contributed by atoms with Gasteiger partial charge >= 0.3 is 0 Å². The second-order valence-corrected chi connectivity index (χ2v) is 4.13. The Morgan fingerprint density at radius 3 is 2.81 bits per heavy atom. The van der Waals surface area contributed by atoms with E-state index in [0.29, 0.717) is 13.0 Å². The molecule has 1 rings (SSSR count). The van der Waals surface area contributed by atoms with Crippen LogP contribution >= 0.6 is 0 Å². The van der Waals surface area contributed by atoms with Gasteiger partial charge in [-0.25, -0.2) is 0 Å². The van der Waals surface area contributed by atoms with Crippen molar-refractivity contribution in [2.24, 2.45) is 0 Å². The fourth-order valence-corrected chi connectivity index (χ4v) is 1.92. The van der Waals surface area contributed by atoms with Gasteiger partial charge in [-0.1, -0.05) is 6.92 Å². The second kappa shape index (κ2) is 6.48. The summed E-state index contributed by atoms with van der Waals surface area (Å²) < 4.78 is 0. The number of carbonyl (C=O) groups is 2. The van der Waals surface area contributed by atoms with E-state index < -0.39 is 0 Å². The molecule has 16 heavy (non-hydrogen) atoms. The van der Waals surface area contributed by atoms with Gasteiger partial charge < -0.3 is 15.5 Å². The van der Waals surface area contributed by atoms with E-state index in [1.165, 1.54) is 6.92 Å². The number of amides is 2. The summed E-state index contributed by atoms with van der Waals surface area (Å²) in [6, 6.07) is 0.139. The highest BCUT2D eigenvalue weighted by molar-refractivity contribution is 5.77. The molecule has 2 N–H and O–H groups in total. The summed E-state index contributed by atoms with van der Waals surface area (Å²) in [5.41, 5.74) is 0. The average Bonchev–Trinajstić information content (AvgIpc) is 2.65. The molecule has 0 aromatic carbocycles. The number of likely N-dealkylation sites (tertiary alicyclic amines) is 1. The number of nitrogens with zero attached hydrogens (tertiary/aromatic N) is 1. The number of carbonyl (C=O) groups excluding carboxylic acids is 2. The molecular weight excluding hydrogens is 206 g/mol. The minimum atomic E-state index is -0.0213. The quantitative estimate of drug-likeness (QED) is 0.635. The van der Waals surface area contributed by atoms with Gasteiger partial charge in [0, 0.05) is 39.0 Å². The van der Waals surface area contributed by atoms with Crippen LogP contribution in [0.4, 0.5) is 0 Å². The third-order valence-electron chi connectivity index (χ3n) is 2.71. The molecule has 1 fully saturated rings. The summed E-state index contributed by atoms with van der Waals surface area (Å²) in [7, 11) is 0. The van der Waals surface area contributed by atoms with E-state index in [9.17, 15) is 9.59 Å². The monoisotopic (exact) mass is 227 g/mol. The van der Waals surface area contributed by atoms with Crippen molar-refractivity contribution in [2.45, 2.75) is 32.7 Å². The van der Waals surface area contributed by atoms with Crippen LogP contribution in [-0.4, -0.2) is 48.9 Å². The van der Waals surface area contributed by atoms with Crippen LogP contribution < -0.4 is 10.6 Å². The molecule has 0 saturated carbocycles. The smallest absolute Gasteiger partial charge is 0.223 e. The average molecular weight is 227 g/mol. The molecule has 0 spiro atoms. The fraction of sp³-hybridized carbons (Fsp3) is 0.818. The molecule has 1 unspecified atom stereocenters. The fourth-order valence-electron chi connectivity index (χ4n) is 1.92. The van der Waals surface area contributed by atoms with E-state index in [1.54, 1.807) is 0 Å². The Kier molecular flexibility index (Phi) is 5.25. The van der Waals surface area contributed by atoms with Gasteiger partial charge in [-0.05, 0) is 13.0 Å². The van der Waals surface area contributed by atoms with E-state index in [1.807, 2.05) is 11.8 Å². The largest absolute Gasteiger partial charge is 0.352 e. The highest BCUT2D eigenvalue weighted by Gasteiger charge is 2.25. The Bertz CT molecular complexity index is 256. The van der Waals surface area contributed by atoms with Crippen molar-refractivity contribution in [1.82, 2.24) is 15.5 Å². The van der Waals surface area contributed by atoms with Crippen LogP contribution in [0.5, 0.6) is 0 Å². The van der Waals surface area contributed by atoms with Gasteiger partial charge in [0.15, 0.2) is 0 Å². The van der Waals surface area contributed by atoms with Gasteiger partial charge in [0.25, 0.3) is 0 Å². The van der Waals surface area contributed by atoms with Crippen molar-refractivity contribution < 1.29 is 9.59 Å². The zero-order valence-electron chi connectivity index (χ0n) is 10.1. The van der Waals surface area contributed by atoms with Crippen LogP contribution in [0.15, 0.2) is 0 Å². The lowest BCUT2D eigenvalue weighted by Crippen LogP contribution is -2.37. The van der Waals surface area contributed by atoms with Crippen LogP contribution in [-0.2, 0) is 9.59 Å². The van der Waals surface area contributed by atoms with Crippen molar-refractivity contribution in [1.29, 1.82) is 0 Å². The Morgan fingerprint density at radius 1 is 1.44 bits per heavy atom. The van der Waals surface area contributed by atoms with Crippen molar-refractivity contribution in [3.8, 4) is 0 Å². The summed E-state index contributed by atoms with van der Waals surface area (Å²) in [5.74, 6) is 0.153. The molecule has 0 aromatic heterocycles. The number of rotatable bonds is 5. The predicted octanol–water partition coefficient (Wildman–Crippen LogP) is -0.277. The van der Waals surface area contributed by atoms with Crippen LogP contribution in [0.25, 0.3) is 0 Å². The van der Waals surface area contributed by atoms with Crippen molar-refractivity contribution >= 4 is 11.8 Å². The van der Waals surface area contributed by atoms with Gasteiger partial charge in [0.2, 0.25) is 11.8 Å². The molecule has 0 aromatic rings. The van der Waals surface area contributed by atoms with E-state index in [-0.39, 0.29) is 17.9 Å². The number of hydrogen-bond donors (Lipinski definition) is 2. The molecule has 92 valence electrons. The van der Waals surface area contributed by atoms with E-state index >= 15 is 0 Å². The maximum absolute atomic E-state index is 11.7. The molecule has 1 aliphatic rings. The third-order valence-corrected chi connectivity index (χ3v) is 2.71. The van der Waals surface area contributed by atoms with Gasteiger partial charge in [-0.2, -0.15) is 0 Å². The van der Waals surface area contributed by atoms with E-state index in [4.69, 9.17) is 0 Å². The normalized spacial score (nSPS) is 19.9. The molecule has 0 bridgehead atoms. The molecule has 0 aliphatic carbocycles. The predicted molar refractivity (Wildman–Crippen MR) is 62.0 cm³/mol. The lowest BCUT2D eigenvalue weighted by molar-refractivity contribution is -0.130. The minimum Gasteiger partial charge on any atom is -0.352 e. The van der Waals surface area contributed by atoms with Gasteiger partial charge in [-0.15, -0.1) is 0 Å². The zero-order valence-corrected chi connectivity index (χ0v) is 10.1. The molecule has 1 saturated heterocycles. The first-order chi connectivity index (χ1) is 7.63. The lowest BCUT2D eigenvalue weighted by atomic mass is 10.2. The highest BCUT2D eigenvalue weighted by Crippen LogP contribution is 2.10. The molecule has 2 amide bonds. The highest BCUT2D eigenvalue weighted by atomic mass is 16.2. The van der Waals surface area contributed by atoms with Crippen molar-refractivity contribution in [3.05, 3.63) is 0 Å². The van der Waals surface area contributed by atoms with E-state index in [0.717, 1.165) is 26.1 Å². The van der Waals surface area contributed by atoms with Gasteiger partial charge in [-0.3, -0.25) is 9.59 Å². The topological polar surface area (TPSA) is 61.4 Å². The Hall–Kier alpha value is -1.10. The van der Waals surface area contributed by atoms with E-state index in [2.05, 4.69) is 10.6 Å². The Morgan fingerprint density at radius 2 is 2.19 bits per heavy atom. The molecule has 1 aliphatic heterocycles. The minimum absolute atomic E-state index is 0.0213. The first kappa shape index (κ1) is 13.0.